The van der Waals surface area contributed by atoms with Crippen LogP contribution in [0.2, 0.25) is 0 Å². The summed E-state index contributed by atoms with van der Waals surface area (Å²) in [7, 11) is 0. The van der Waals surface area contributed by atoms with Crippen molar-refractivity contribution in [2.75, 3.05) is 13.1 Å². The van der Waals surface area contributed by atoms with Gasteiger partial charge >= 0.3 is 6.18 Å². The highest BCUT2D eigenvalue weighted by molar-refractivity contribution is 6.67. The molecule has 1 aliphatic rings. The van der Waals surface area contributed by atoms with Gasteiger partial charge in [-0.1, -0.05) is 0 Å². The summed E-state index contributed by atoms with van der Waals surface area (Å²) in [6.07, 6.45) is -2.15. The quantitative estimate of drug-likeness (QED) is 0.728. The van der Waals surface area contributed by atoms with Gasteiger partial charge in [0.25, 0.3) is 5.24 Å². The molecule has 0 saturated carbocycles. The number of carbonyl (C=O) groups is 2. The Hall–Kier alpha value is -2.43. The highest BCUT2D eigenvalue weighted by atomic mass is 35.5. The molecule has 1 aliphatic heterocycles. The van der Waals surface area contributed by atoms with Crippen LogP contribution in [0.3, 0.4) is 0 Å². The van der Waals surface area contributed by atoms with Crippen LogP contribution >= 0.6 is 11.6 Å². The molecular weight excluding hydrogens is 389 g/mol. The van der Waals surface area contributed by atoms with Crippen molar-refractivity contribution in [1.29, 1.82) is 0 Å². The molecule has 0 N–H and O–H groups in total. The first kappa shape index (κ1) is 19.3. The topological polar surface area (TPSA) is 85.9 Å². The van der Waals surface area contributed by atoms with Crippen LogP contribution in [-0.4, -0.2) is 53.9 Å². The van der Waals surface area contributed by atoms with Gasteiger partial charge in [-0.05, 0) is 37.4 Å². The second kappa shape index (κ2) is 7.29. The van der Waals surface area contributed by atoms with Crippen LogP contribution in [-0.2, 0) is 17.5 Å². The third kappa shape index (κ3) is 4.29. The van der Waals surface area contributed by atoms with Crippen LogP contribution in [0.4, 0.5) is 13.2 Å². The van der Waals surface area contributed by atoms with Gasteiger partial charge in [0.05, 0.1) is 12.2 Å². The van der Waals surface area contributed by atoms with Gasteiger partial charge in [0.15, 0.2) is 11.4 Å². The van der Waals surface area contributed by atoms with Crippen LogP contribution in [0.5, 0.6) is 0 Å². The SMILES string of the molecule is Cc1cc(C(F)(F)F)nn1CC(=O)N1CCC(n2ncc(C(=O)Cl)n2)CC1. The second-order valence-electron chi connectivity index (χ2n) is 6.26. The van der Waals surface area contributed by atoms with Crippen molar-refractivity contribution in [2.45, 2.75) is 38.5 Å². The Morgan fingerprint density at radius 3 is 2.44 bits per heavy atom. The molecule has 1 fully saturated rings. The molecule has 8 nitrogen and oxygen atoms in total. The molecule has 0 unspecified atom stereocenters. The van der Waals surface area contributed by atoms with E-state index in [0.717, 1.165) is 10.7 Å². The molecule has 0 radical (unpaired) electrons. The van der Waals surface area contributed by atoms with Gasteiger partial charge in [-0.15, -0.1) is 5.10 Å². The summed E-state index contributed by atoms with van der Waals surface area (Å²) in [4.78, 5) is 26.4. The van der Waals surface area contributed by atoms with E-state index in [9.17, 15) is 22.8 Å². The predicted molar refractivity (Wildman–Crippen MR) is 87.0 cm³/mol. The number of aromatic nitrogens is 5. The zero-order valence-electron chi connectivity index (χ0n) is 14.3. The van der Waals surface area contributed by atoms with E-state index in [4.69, 9.17) is 11.6 Å². The molecule has 0 bridgehead atoms. The smallest absolute Gasteiger partial charge is 0.341 e. The van der Waals surface area contributed by atoms with Gasteiger partial charge in [0, 0.05) is 18.8 Å². The summed E-state index contributed by atoms with van der Waals surface area (Å²) in [6.45, 7) is 2.03. The first-order chi connectivity index (χ1) is 12.6. The Morgan fingerprint density at radius 2 is 1.93 bits per heavy atom. The minimum absolute atomic E-state index is 0.0600. The van der Waals surface area contributed by atoms with Gasteiger partial charge in [0.1, 0.15) is 6.54 Å². The lowest BCUT2D eigenvalue weighted by atomic mass is 10.1. The molecule has 27 heavy (non-hydrogen) atoms. The van der Waals surface area contributed by atoms with E-state index in [1.807, 2.05) is 0 Å². The largest absolute Gasteiger partial charge is 0.435 e. The van der Waals surface area contributed by atoms with Crippen molar-refractivity contribution in [3.8, 4) is 0 Å². The molecule has 0 aromatic carbocycles. The van der Waals surface area contributed by atoms with E-state index in [-0.39, 0.29) is 29.9 Å². The van der Waals surface area contributed by atoms with Gasteiger partial charge in [-0.3, -0.25) is 14.3 Å². The summed E-state index contributed by atoms with van der Waals surface area (Å²) >= 11 is 5.35. The highest BCUT2D eigenvalue weighted by Crippen LogP contribution is 2.28. The lowest BCUT2D eigenvalue weighted by Gasteiger charge is -2.31. The molecular formula is C15H16ClF3N6O2. The molecule has 0 aliphatic carbocycles. The van der Waals surface area contributed by atoms with E-state index in [2.05, 4.69) is 15.3 Å². The Kier molecular flexibility index (Phi) is 5.22. The first-order valence-electron chi connectivity index (χ1n) is 8.16. The Morgan fingerprint density at radius 1 is 1.26 bits per heavy atom. The zero-order chi connectivity index (χ0) is 19.8. The number of hydrogen-bond donors (Lipinski definition) is 0. The van der Waals surface area contributed by atoms with Crippen LogP contribution in [0.25, 0.3) is 0 Å². The fourth-order valence-corrected chi connectivity index (χ4v) is 3.01. The fourth-order valence-electron chi connectivity index (χ4n) is 2.92. The van der Waals surface area contributed by atoms with Crippen molar-refractivity contribution in [3.05, 3.63) is 29.3 Å². The fraction of sp³-hybridized carbons (Fsp3) is 0.533. The monoisotopic (exact) mass is 404 g/mol. The predicted octanol–water partition coefficient (Wildman–Crippen LogP) is 2.04. The molecule has 2 aromatic heterocycles. The maximum atomic E-state index is 12.7. The molecule has 3 heterocycles. The maximum absolute atomic E-state index is 12.7. The number of likely N-dealkylation sites (tertiary alicyclic amines) is 1. The van der Waals surface area contributed by atoms with Gasteiger partial charge in [-0.25, -0.2) is 0 Å². The number of nitrogens with zero attached hydrogens (tertiary/aromatic N) is 6. The summed E-state index contributed by atoms with van der Waals surface area (Å²) in [5, 5.41) is 10.8. The molecule has 1 saturated heterocycles. The number of hydrogen-bond acceptors (Lipinski definition) is 5. The third-order valence-corrected chi connectivity index (χ3v) is 4.60. The Balaban J connectivity index is 1.58. The molecule has 12 heteroatoms. The third-order valence-electron chi connectivity index (χ3n) is 4.41. The molecule has 2 aromatic rings. The first-order valence-corrected chi connectivity index (χ1v) is 8.54. The summed E-state index contributed by atoms with van der Waals surface area (Å²) in [5.74, 6) is -0.307. The van der Waals surface area contributed by atoms with Crippen LogP contribution in [0.15, 0.2) is 12.3 Å². The van der Waals surface area contributed by atoms with Crippen molar-refractivity contribution in [2.24, 2.45) is 0 Å². The van der Waals surface area contributed by atoms with E-state index >= 15 is 0 Å². The second-order valence-corrected chi connectivity index (χ2v) is 6.61. The van der Waals surface area contributed by atoms with Crippen LogP contribution in [0.1, 0.15) is 40.8 Å². The van der Waals surface area contributed by atoms with Crippen LogP contribution in [0, 0.1) is 6.92 Å². The van der Waals surface area contributed by atoms with Crippen LogP contribution < -0.4 is 0 Å². The number of piperidine rings is 1. The summed E-state index contributed by atoms with van der Waals surface area (Å²) in [6, 6.07) is 0.834. The standard InChI is InChI=1S/C15H16ClF3N6O2/c1-9-6-12(15(17,18)19)22-24(9)8-13(26)23-4-2-10(3-5-23)25-20-7-11(21-25)14(16)27/h6-7,10H,2-5,8H2,1H3. The van der Waals surface area contributed by atoms with Crippen molar-refractivity contribution in [3.63, 3.8) is 0 Å². The minimum atomic E-state index is -4.54. The number of rotatable bonds is 4. The normalized spacial score (nSPS) is 16.0. The highest BCUT2D eigenvalue weighted by Gasteiger charge is 2.35. The van der Waals surface area contributed by atoms with E-state index < -0.39 is 17.1 Å². The average Bonchev–Trinajstić information content (AvgIpc) is 3.22. The lowest BCUT2D eigenvalue weighted by molar-refractivity contribution is -0.142. The summed E-state index contributed by atoms with van der Waals surface area (Å²) < 4.78 is 39.2. The number of amides is 1. The van der Waals surface area contributed by atoms with Gasteiger partial charge in [0.2, 0.25) is 5.91 Å². The summed E-state index contributed by atoms with van der Waals surface area (Å²) in [5.41, 5.74) is -0.685. The van der Waals surface area contributed by atoms with Crippen molar-refractivity contribution < 1.29 is 22.8 Å². The minimum Gasteiger partial charge on any atom is -0.341 e. The molecule has 146 valence electrons. The molecule has 0 atom stereocenters. The maximum Gasteiger partial charge on any atom is 0.435 e. The van der Waals surface area contributed by atoms with Crippen molar-refractivity contribution >= 4 is 22.8 Å². The number of halogens is 4. The van der Waals surface area contributed by atoms with E-state index in [1.165, 1.54) is 17.9 Å². The zero-order valence-corrected chi connectivity index (χ0v) is 15.0. The van der Waals surface area contributed by atoms with E-state index in [1.54, 1.807) is 4.90 Å². The number of alkyl halides is 3. The van der Waals surface area contributed by atoms with Gasteiger partial charge in [-0.2, -0.15) is 28.2 Å². The Labute approximate surface area is 156 Å². The van der Waals surface area contributed by atoms with Crippen molar-refractivity contribution in [1.82, 2.24) is 29.7 Å². The lowest BCUT2D eigenvalue weighted by Crippen LogP contribution is -2.41. The molecule has 3 rings (SSSR count). The number of aryl methyl sites for hydroxylation is 1. The van der Waals surface area contributed by atoms with Gasteiger partial charge < -0.3 is 4.90 Å². The van der Waals surface area contributed by atoms with E-state index in [0.29, 0.717) is 25.9 Å². The Bertz CT molecular complexity index is 854. The number of carbonyl (C=O) groups excluding carboxylic acids is 2. The average molecular weight is 405 g/mol. The molecule has 0 spiro atoms. The molecule has 1 amide bonds.